The second-order valence-electron chi connectivity index (χ2n) is 9.70. The summed E-state index contributed by atoms with van der Waals surface area (Å²) >= 11 is 0. The summed E-state index contributed by atoms with van der Waals surface area (Å²) in [4.78, 5) is 29.6. The van der Waals surface area contributed by atoms with E-state index in [-0.39, 0.29) is 11.8 Å². The van der Waals surface area contributed by atoms with Crippen molar-refractivity contribution in [3.63, 3.8) is 0 Å². The number of ether oxygens (including phenoxy) is 1. The van der Waals surface area contributed by atoms with Gasteiger partial charge in [-0.15, -0.1) is 0 Å². The molecule has 0 aliphatic carbocycles. The third kappa shape index (κ3) is 6.43. The van der Waals surface area contributed by atoms with Crippen LogP contribution in [0.4, 0.5) is 11.4 Å². The smallest absolute Gasteiger partial charge is 0.238 e. The van der Waals surface area contributed by atoms with Gasteiger partial charge in [-0.2, -0.15) is 0 Å². The van der Waals surface area contributed by atoms with Crippen LogP contribution in [0, 0.1) is 0 Å². The molecule has 2 aromatic carbocycles. The molecule has 0 spiro atoms. The van der Waals surface area contributed by atoms with Gasteiger partial charge in [0.15, 0.2) is 0 Å². The van der Waals surface area contributed by atoms with Crippen molar-refractivity contribution in [2.75, 3.05) is 57.5 Å². The predicted molar refractivity (Wildman–Crippen MR) is 138 cm³/mol. The molecule has 1 saturated heterocycles. The van der Waals surface area contributed by atoms with Crippen molar-refractivity contribution in [3.05, 3.63) is 36.4 Å². The summed E-state index contributed by atoms with van der Waals surface area (Å²) in [6.07, 6.45) is 0. The predicted octanol–water partition coefficient (Wildman–Crippen LogP) is 3.05. The Morgan fingerprint density at radius 2 is 1.61 bits per heavy atom. The fourth-order valence-electron chi connectivity index (χ4n) is 4.10. The highest BCUT2D eigenvalue weighted by Crippen LogP contribution is 2.35. The van der Waals surface area contributed by atoms with Gasteiger partial charge < -0.3 is 20.3 Å². The molecule has 2 amide bonds. The molecule has 33 heavy (non-hydrogen) atoms. The van der Waals surface area contributed by atoms with E-state index in [9.17, 15) is 9.59 Å². The molecule has 1 heterocycles. The first-order valence-electron chi connectivity index (χ1n) is 11.4. The second kappa shape index (κ2) is 10.5. The van der Waals surface area contributed by atoms with Gasteiger partial charge in [0.25, 0.3) is 0 Å². The highest BCUT2D eigenvalue weighted by molar-refractivity contribution is 6.89. The maximum atomic E-state index is 13.2. The van der Waals surface area contributed by atoms with E-state index in [1.165, 1.54) is 12.1 Å². The molecular weight excluding hydrogens is 432 g/mol. The Kier molecular flexibility index (Phi) is 7.94. The summed E-state index contributed by atoms with van der Waals surface area (Å²) in [6.45, 7) is 12.3. The fraction of sp³-hybridized carbons (Fsp3) is 0.440. The molecule has 2 N–H and O–H groups in total. The van der Waals surface area contributed by atoms with Crippen LogP contribution < -0.4 is 20.6 Å². The van der Waals surface area contributed by atoms with E-state index in [1.807, 2.05) is 30.3 Å². The standard InChI is InChI=1S/C25H36N4O3Si/c1-18(30)26-21-11-12-22(33(4,5)6)24(19-7-9-20(32-3)10-8-19)25(21)27-23(31)17-29-15-13-28(2)14-16-29/h7-12H,13-17H2,1-6H3,(H,26,30)(H,27,31). The first-order chi connectivity index (χ1) is 15.6. The summed E-state index contributed by atoms with van der Waals surface area (Å²) in [6, 6.07) is 11.9. The van der Waals surface area contributed by atoms with Gasteiger partial charge >= 0.3 is 0 Å². The molecule has 1 fully saturated rings. The Morgan fingerprint density at radius 3 is 2.15 bits per heavy atom. The van der Waals surface area contributed by atoms with Crippen LogP contribution in [-0.2, 0) is 9.59 Å². The van der Waals surface area contributed by atoms with Gasteiger partial charge in [0.1, 0.15) is 5.75 Å². The molecule has 2 aromatic rings. The number of likely N-dealkylation sites (N-methyl/N-ethyl adjacent to an activating group) is 1. The van der Waals surface area contributed by atoms with E-state index < -0.39 is 8.07 Å². The summed E-state index contributed by atoms with van der Waals surface area (Å²) in [5.74, 6) is 0.520. The number of methoxy groups -OCH3 is 1. The van der Waals surface area contributed by atoms with Crippen LogP contribution in [-0.4, -0.2) is 76.6 Å². The number of anilines is 2. The Hall–Kier alpha value is -2.68. The van der Waals surface area contributed by atoms with Crippen molar-refractivity contribution in [1.29, 1.82) is 0 Å². The van der Waals surface area contributed by atoms with E-state index in [0.29, 0.717) is 17.9 Å². The molecule has 0 radical (unpaired) electrons. The zero-order chi connectivity index (χ0) is 24.2. The molecule has 1 aliphatic heterocycles. The zero-order valence-corrected chi connectivity index (χ0v) is 21.6. The van der Waals surface area contributed by atoms with Gasteiger partial charge in [0.2, 0.25) is 11.8 Å². The summed E-state index contributed by atoms with van der Waals surface area (Å²) in [5, 5.41) is 7.30. The molecular formula is C25H36N4O3Si. The number of benzene rings is 2. The lowest BCUT2D eigenvalue weighted by atomic mass is 10.0. The van der Waals surface area contributed by atoms with Crippen molar-refractivity contribution < 1.29 is 14.3 Å². The highest BCUT2D eigenvalue weighted by atomic mass is 28.3. The molecule has 3 rings (SSSR count). The number of hydrogen-bond acceptors (Lipinski definition) is 5. The van der Waals surface area contributed by atoms with Crippen molar-refractivity contribution in [3.8, 4) is 16.9 Å². The van der Waals surface area contributed by atoms with Crippen LogP contribution in [0.5, 0.6) is 5.75 Å². The Labute approximate surface area is 198 Å². The quantitative estimate of drug-likeness (QED) is 0.611. The summed E-state index contributed by atoms with van der Waals surface area (Å²) < 4.78 is 5.34. The first-order valence-corrected chi connectivity index (χ1v) is 14.9. The van der Waals surface area contributed by atoms with Crippen molar-refractivity contribution >= 4 is 36.4 Å². The minimum Gasteiger partial charge on any atom is -0.497 e. The maximum Gasteiger partial charge on any atom is 0.238 e. The van der Waals surface area contributed by atoms with E-state index in [0.717, 1.165) is 43.1 Å². The van der Waals surface area contributed by atoms with Gasteiger partial charge in [-0.25, -0.2) is 0 Å². The Bertz CT molecular complexity index is 994. The lowest BCUT2D eigenvalue weighted by Gasteiger charge is -2.32. The maximum absolute atomic E-state index is 13.2. The van der Waals surface area contributed by atoms with E-state index >= 15 is 0 Å². The van der Waals surface area contributed by atoms with Gasteiger partial charge in [-0.05, 0) is 30.8 Å². The van der Waals surface area contributed by atoms with Gasteiger partial charge in [0, 0.05) is 38.7 Å². The van der Waals surface area contributed by atoms with Crippen molar-refractivity contribution in [2.24, 2.45) is 0 Å². The third-order valence-corrected chi connectivity index (χ3v) is 7.96. The summed E-state index contributed by atoms with van der Waals surface area (Å²) in [7, 11) is 1.95. The fourth-order valence-corrected chi connectivity index (χ4v) is 5.70. The topological polar surface area (TPSA) is 73.9 Å². The number of nitrogens with zero attached hydrogens (tertiary/aromatic N) is 2. The number of carbonyl (C=O) groups excluding carboxylic acids is 2. The zero-order valence-electron chi connectivity index (χ0n) is 20.6. The molecule has 8 heteroatoms. The number of hydrogen-bond donors (Lipinski definition) is 2. The number of carbonyl (C=O) groups is 2. The van der Waals surface area contributed by atoms with Gasteiger partial charge in [-0.1, -0.05) is 43.0 Å². The lowest BCUT2D eigenvalue weighted by molar-refractivity contribution is -0.117. The molecule has 0 aromatic heterocycles. The van der Waals surface area contributed by atoms with Crippen LogP contribution in [0.1, 0.15) is 6.92 Å². The van der Waals surface area contributed by atoms with Crippen molar-refractivity contribution in [2.45, 2.75) is 26.6 Å². The van der Waals surface area contributed by atoms with Crippen molar-refractivity contribution in [1.82, 2.24) is 9.80 Å². The number of piperazine rings is 1. The molecule has 0 bridgehead atoms. The monoisotopic (exact) mass is 468 g/mol. The van der Waals surface area contributed by atoms with Gasteiger partial charge in [-0.3, -0.25) is 14.5 Å². The average Bonchev–Trinajstić information content (AvgIpc) is 2.75. The normalized spacial score (nSPS) is 15.2. The molecule has 0 atom stereocenters. The van der Waals surface area contributed by atoms with E-state index in [2.05, 4.69) is 53.2 Å². The second-order valence-corrected chi connectivity index (χ2v) is 14.7. The molecule has 0 saturated carbocycles. The first kappa shape index (κ1) is 24.9. The number of rotatable bonds is 7. The lowest BCUT2D eigenvalue weighted by Crippen LogP contribution is -2.47. The number of nitrogens with one attached hydrogen (secondary N) is 2. The minimum absolute atomic E-state index is 0.0753. The largest absolute Gasteiger partial charge is 0.497 e. The molecule has 178 valence electrons. The Morgan fingerprint density at radius 1 is 0.970 bits per heavy atom. The summed E-state index contributed by atoms with van der Waals surface area (Å²) in [5.41, 5.74) is 3.22. The Balaban J connectivity index is 2.05. The molecule has 7 nitrogen and oxygen atoms in total. The number of amides is 2. The SMILES string of the molecule is COc1ccc(-c2c([Si](C)(C)C)ccc(NC(C)=O)c2NC(=O)CN2CCN(C)CC2)cc1. The van der Waals surface area contributed by atoms with Crippen LogP contribution in [0.2, 0.25) is 19.6 Å². The van der Waals surface area contributed by atoms with E-state index in [1.54, 1.807) is 7.11 Å². The molecule has 0 unspecified atom stereocenters. The van der Waals surface area contributed by atoms with E-state index in [4.69, 9.17) is 4.74 Å². The van der Waals surface area contributed by atoms with Crippen LogP contribution in [0.15, 0.2) is 36.4 Å². The highest BCUT2D eigenvalue weighted by Gasteiger charge is 2.26. The molecule has 1 aliphatic rings. The van der Waals surface area contributed by atoms with Crippen LogP contribution in [0.3, 0.4) is 0 Å². The minimum atomic E-state index is -1.79. The average molecular weight is 469 g/mol. The van der Waals surface area contributed by atoms with Crippen LogP contribution in [0.25, 0.3) is 11.1 Å². The van der Waals surface area contributed by atoms with Crippen LogP contribution >= 0.6 is 0 Å². The third-order valence-electron chi connectivity index (χ3n) is 5.93. The van der Waals surface area contributed by atoms with Gasteiger partial charge in [0.05, 0.1) is 33.1 Å².